The Kier molecular flexibility index (Phi) is 6.98. The van der Waals surface area contributed by atoms with Crippen LogP contribution in [0, 0.1) is 6.92 Å². The second-order valence-corrected chi connectivity index (χ2v) is 7.95. The van der Waals surface area contributed by atoms with Crippen LogP contribution in [0.1, 0.15) is 54.1 Å². The Labute approximate surface area is 178 Å². The Hall–Kier alpha value is -3.02. The van der Waals surface area contributed by atoms with Crippen LogP contribution < -0.4 is 14.8 Å². The lowest BCUT2D eigenvalue weighted by Crippen LogP contribution is -2.28. The molecule has 0 aromatic heterocycles. The third kappa shape index (κ3) is 5.12. The minimum atomic E-state index is -0.310. The molecule has 2 aromatic rings. The van der Waals surface area contributed by atoms with E-state index >= 15 is 0 Å². The van der Waals surface area contributed by atoms with Crippen LogP contribution in [0.3, 0.4) is 0 Å². The van der Waals surface area contributed by atoms with Crippen LogP contribution in [-0.2, 0) is 4.79 Å². The van der Waals surface area contributed by atoms with Crippen LogP contribution in [0.15, 0.2) is 36.4 Å². The van der Waals surface area contributed by atoms with E-state index in [2.05, 4.69) is 19.2 Å². The van der Waals surface area contributed by atoms with Crippen LogP contribution in [0.4, 0.5) is 5.69 Å². The Balaban J connectivity index is 1.71. The minimum Gasteiger partial charge on any atom is -0.495 e. The van der Waals surface area contributed by atoms with E-state index in [0.717, 1.165) is 37.1 Å². The highest BCUT2D eigenvalue weighted by Gasteiger charge is 2.21. The lowest BCUT2D eigenvalue weighted by molar-refractivity contribution is -0.118. The predicted octanol–water partition coefficient (Wildman–Crippen LogP) is 4.38. The maximum atomic E-state index is 12.7. The molecule has 160 valence electrons. The van der Waals surface area contributed by atoms with Crippen LogP contribution in [-0.4, -0.2) is 43.5 Å². The van der Waals surface area contributed by atoms with E-state index in [1.165, 1.54) is 7.11 Å². The Morgan fingerprint density at radius 2 is 1.80 bits per heavy atom. The summed E-state index contributed by atoms with van der Waals surface area (Å²) in [5.41, 5.74) is 3.13. The molecule has 1 heterocycles. The number of ether oxygens (including phenoxy) is 2. The number of nitrogens with zero attached hydrogens (tertiary/aromatic N) is 1. The normalized spacial score (nSPS) is 13.4. The standard InChI is InChI=1S/C24H30N2O4/c1-16(2)19-9-7-17(3)13-22(19)30-15-23(27)25-20-14-18(8-10-21(20)29-4)24(28)26-11-5-6-12-26/h7-10,13-14,16H,5-6,11-12,15H2,1-4H3,(H,25,27). The van der Waals surface area contributed by atoms with Crippen LogP contribution in [0.25, 0.3) is 0 Å². The van der Waals surface area contributed by atoms with Gasteiger partial charge in [0, 0.05) is 18.7 Å². The second-order valence-electron chi connectivity index (χ2n) is 7.95. The van der Waals surface area contributed by atoms with Crippen molar-refractivity contribution in [3.63, 3.8) is 0 Å². The lowest BCUT2D eigenvalue weighted by atomic mass is 10.0. The molecule has 0 atom stereocenters. The highest BCUT2D eigenvalue weighted by Crippen LogP contribution is 2.29. The molecule has 0 bridgehead atoms. The predicted molar refractivity (Wildman–Crippen MR) is 118 cm³/mol. The number of rotatable bonds is 7. The van der Waals surface area contributed by atoms with E-state index in [-0.39, 0.29) is 24.3 Å². The molecule has 1 saturated heterocycles. The van der Waals surface area contributed by atoms with Crippen molar-refractivity contribution in [1.29, 1.82) is 0 Å². The molecule has 0 unspecified atom stereocenters. The number of benzene rings is 2. The van der Waals surface area contributed by atoms with E-state index in [1.54, 1.807) is 18.2 Å². The van der Waals surface area contributed by atoms with Crippen molar-refractivity contribution in [2.45, 2.75) is 39.5 Å². The smallest absolute Gasteiger partial charge is 0.262 e. The first kappa shape index (κ1) is 21.7. The number of methoxy groups -OCH3 is 1. The van der Waals surface area contributed by atoms with Crippen molar-refractivity contribution in [1.82, 2.24) is 4.90 Å². The molecule has 30 heavy (non-hydrogen) atoms. The number of hydrogen-bond donors (Lipinski definition) is 1. The molecule has 1 N–H and O–H groups in total. The molecule has 1 aliphatic rings. The quantitative estimate of drug-likeness (QED) is 0.736. The Bertz CT molecular complexity index is 917. The van der Waals surface area contributed by atoms with Crippen molar-refractivity contribution in [2.24, 2.45) is 0 Å². The summed E-state index contributed by atoms with van der Waals surface area (Å²) in [6, 6.07) is 11.1. The summed E-state index contributed by atoms with van der Waals surface area (Å²) in [5, 5.41) is 2.82. The number of nitrogens with one attached hydrogen (secondary N) is 1. The summed E-state index contributed by atoms with van der Waals surface area (Å²) in [4.78, 5) is 27.1. The maximum absolute atomic E-state index is 12.7. The number of carbonyl (C=O) groups is 2. The summed E-state index contributed by atoms with van der Waals surface area (Å²) in [6.45, 7) is 7.59. The van der Waals surface area contributed by atoms with Crippen LogP contribution in [0.5, 0.6) is 11.5 Å². The molecule has 0 radical (unpaired) electrons. The first-order valence-corrected chi connectivity index (χ1v) is 10.4. The molecule has 6 nitrogen and oxygen atoms in total. The van der Waals surface area contributed by atoms with Gasteiger partial charge in [0.25, 0.3) is 11.8 Å². The van der Waals surface area contributed by atoms with Gasteiger partial charge in [0.05, 0.1) is 12.8 Å². The van der Waals surface area contributed by atoms with E-state index in [0.29, 0.717) is 22.7 Å². The summed E-state index contributed by atoms with van der Waals surface area (Å²) >= 11 is 0. The van der Waals surface area contributed by atoms with Gasteiger partial charge in [0.2, 0.25) is 0 Å². The van der Waals surface area contributed by atoms with Gasteiger partial charge in [-0.25, -0.2) is 0 Å². The van der Waals surface area contributed by atoms with Crippen LogP contribution in [0.2, 0.25) is 0 Å². The molecule has 3 rings (SSSR count). The van der Waals surface area contributed by atoms with Crippen molar-refractivity contribution < 1.29 is 19.1 Å². The van der Waals surface area contributed by atoms with Gasteiger partial charge in [0.15, 0.2) is 6.61 Å². The summed E-state index contributed by atoms with van der Waals surface area (Å²) < 4.78 is 11.2. The van der Waals surface area contributed by atoms with Crippen LogP contribution >= 0.6 is 0 Å². The van der Waals surface area contributed by atoms with E-state index < -0.39 is 0 Å². The fourth-order valence-corrected chi connectivity index (χ4v) is 3.61. The van der Waals surface area contributed by atoms with E-state index in [9.17, 15) is 9.59 Å². The van der Waals surface area contributed by atoms with Crippen molar-refractivity contribution >= 4 is 17.5 Å². The zero-order valence-electron chi connectivity index (χ0n) is 18.2. The van der Waals surface area contributed by atoms with Gasteiger partial charge >= 0.3 is 0 Å². The Morgan fingerprint density at radius 1 is 1.07 bits per heavy atom. The molecule has 2 amide bonds. The summed E-state index contributed by atoms with van der Waals surface area (Å²) in [6.07, 6.45) is 2.06. The first-order valence-electron chi connectivity index (χ1n) is 10.4. The van der Waals surface area contributed by atoms with E-state index in [1.807, 2.05) is 30.0 Å². The third-order valence-electron chi connectivity index (χ3n) is 5.26. The van der Waals surface area contributed by atoms with E-state index in [4.69, 9.17) is 9.47 Å². The number of hydrogen-bond acceptors (Lipinski definition) is 4. The number of likely N-dealkylation sites (tertiary alicyclic amines) is 1. The third-order valence-corrected chi connectivity index (χ3v) is 5.26. The average molecular weight is 411 g/mol. The fourth-order valence-electron chi connectivity index (χ4n) is 3.61. The molecule has 2 aromatic carbocycles. The van der Waals surface area contributed by atoms with Gasteiger partial charge in [-0.3, -0.25) is 9.59 Å². The second kappa shape index (κ2) is 9.65. The first-order chi connectivity index (χ1) is 14.4. The topological polar surface area (TPSA) is 67.9 Å². The number of amides is 2. The highest BCUT2D eigenvalue weighted by molar-refractivity contribution is 5.98. The average Bonchev–Trinajstić information content (AvgIpc) is 3.26. The molecule has 0 saturated carbocycles. The van der Waals surface area contributed by atoms with Gasteiger partial charge in [-0.1, -0.05) is 26.0 Å². The zero-order chi connectivity index (χ0) is 21.7. The molecule has 1 fully saturated rings. The zero-order valence-corrected chi connectivity index (χ0v) is 18.2. The summed E-state index contributed by atoms with van der Waals surface area (Å²) in [7, 11) is 1.53. The number of carbonyl (C=O) groups excluding carboxylic acids is 2. The van der Waals surface area contributed by atoms with Gasteiger partial charge in [-0.05, 0) is 61.1 Å². The summed E-state index contributed by atoms with van der Waals surface area (Å²) in [5.74, 6) is 1.17. The van der Waals surface area contributed by atoms with Crippen molar-refractivity contribution in [3.8, 4) is 11.5 Å². The largest absolute Gasteiger partial charge is 0.495 e. The molecule has 0 aliphatic carbocycles. The monoisotopic (exact) mass is 410 g/mol. The highest BCUT2D eigenvalue weighted by atomic mass is 16.5. The van der Waals surface area contributed by atoms with Crippen molar-refractivity contribution in [3.05, 3.63) is 53.1 Å². The lowest BCUT2D eigenvalue weighted by Gasteiger charge is -2.18. The minimum absolute atomic E-state index is 0.0248. The molecule has 0 spiro atoms. The Morgan fingerprint density at radius 3 is 2.47 bits per heavy atom. The van der Waals surface area contributed by atoms with Gasteiger partial charge in [-0.15, -0.1) is 0 Å². The molecule has 1 aliphatic heterocycles. The van der Waals surface area contributed by atoms with Gasteiger partial charge < -0.3 is 19.7 Å². The maximum Gasteiger partial charge on any atom is 0.262 e. The van der Waals surface area contributed by atoms with Gasteiger partial charge in [0.1, 0.15) is 11.5 Å². The molecule has 6 heteroatoms. The molecular formula is C24H30N2O4. The number of anilines is 1. The molecular weight excluding hydrogens is 380 g/mol. The fraction of sp³-hybridized carbons (Fsp3) is 0.417. The SMILES string of the molecule is COc1ccc(C(=O)N2CCCC2)cc1NC(=O)COc1cc(C)ccc1C(C)C. The van der Waals surface area contributed by atoms with Gasteiger partial charge in [-0.2, -0.15) is 0 Å². The van der Waals surface area contributed by atoms with Crippen molar-refractivity contribution in [2.75, 3.05) is 32.1 Å². The number of aryl methyl sites for hydroxylation is 1.